The van der Waals surface area contributed by atoms with E-state index in [9.17, 15) is 4.21 Å². The average Bonchev–Trinajstić information content (AvgIpc) is 2.55. The summed E-state index contributed by atoms with van der Waals surface area (Å²) in [5.74, 6) is 3.27. The molecule has 0 saturated heterocycles. The first-order chi connectivity index (χ1) is 11.3. The zero-order chi connectivity index (χ0) is 16.8. The number of aliphatic imine (C=N–C) groups is 1. The summed E-state index contributed by atoms with van der Waals surface area (Å²) in [7, 11) is -0.849. The van der Waals surface area contributed by atoms with Gasteiger partial charge in [0.2, 0.25) is 0 Å². The second-order valence-electron chi connectivity index (χ2n) is 5.16. The largest absolute Gasteiger partial charge is 0.357 e. The van der Waals surface area contributed by atoms with E-state index in [1.807, 2.05) is 42.1 Å². The lowest BCUT2D eigenvalue weighted by Crippen LogP contribution is -2.39. The first-order valence-electron chi connectivity index (χ1n) is 8.16. The van der Waals surface area contributed by atoms with Gasteiger partial charge in [-0.25, -0.2) is 0 Å². The molecule has 0 saturated carbocycles. The van der Waals surface area contributed by atoms with Crippen molar-refractivity contribution in [3.05, 3.63) is 35.9 Å². The van der Waals surface area contributed by atoms with Crippen molar-refractivity contribution in [3.63, 3.8) is 0 Å². The van der Waals surface area contributed by atoms with Gasteiger partial charge in [-0.1, -0.05) is 30.3 Å². The maximum atomic E-state index is 12.1. The number of thioether (sulfide) groups is 1. The van der Waals surface area contributed by atoms with Crippen molar-refractivity contribution in [1.29, 1.82) is 0 Å². The van der Waals surface area contributed by atoms with Crippen molar-refractivity contribution in [2.45, 2.75) is 25.5 Å². The Morgan fingerprint density at radius 2 is 1.96 bits per heavy atom. The van der Waals surface area contributed by atoms with E-state index in [4.69, 9.17) is 0 Å². The molecular formula is C17H30IN3OS2. The van der Waals surface area contributed by atoms with Crippen molar-refractivity contribution in [2.24, 2.45) is 4.99 Å². The molecule has 0 amide bonds. The molecule has 2 N–H and O–H groups in total. The van der Waals surface area contributed by atoms with E-state index in [0.29, 0.717) is 18.1 Å². The van der Waals surface area contributed by atoms with E-state index in [1.54, 1.807) is 0 Å². The van der Waals surface area contributed by atoms with Crippen LogP contribution >= 0.6 is 35.7 Å². The van der Waals surface area contributed by atoms with Crippen molar-refractivity contribution >= 4 is 52.5 Å². The van der Waals surface area contributed by atoms with Crippen molar-refractivity contribution < 1.29 is 4.21 Å². The molecule has 1 rings (SSSR count). The third kappa shape index (κ3) is 12.1. The second-order valence-corrected chi connectivity index (χ2v) is 7.72. The quantitative estimate of drug-likeness (QED) is 0.220. The summed E-state index contributed by atoms with van der Waals surface area (Å²) < 4.78 is 12.1. The van der Waals surface area contributed by atoms with Crippen LogP contribution in [-0.4, -0.2) is 47.6 Å². The van der Waals surface area contributed by atoms with E-state index in [1.165, 1.54) is 12.2 Å². The second kappa shape index (κ2) is 16.2. The number of nitrogens with one attached hydrogen (secondary N) is 2. The van der Waals surface area contributed by atoms with Crippen LogP contribution in [0.5, 0.6) is 0 Å². The van der Waals surface area contributed by atoms with Gasteiger partial charge in [0, 0.05) is 41.9 Å². The standard InChI is InChI=1S/C17H29N3OS2.HI/c1-3-18-17(19-11-7-8-13-22-2)20-12-14-23(21)15-16-9-5-4-6-10-16;/h4-6,9-10H,3,7-8,11-15H2,1-2H3,(H2,18,19,20);1H. The topological polar surface area (TPSA) is 53.5 Å². The summed E-state index contributed by atoms with van der Waals surface area (Å²) in [6.45, 7) is 4.40. The molecular weight excluding hydrogens is 453 g/mol. The molecule has 1 aromatic rings. The first kappa shape index (κ1) is 23.7. The normalized spacial score (nSPS) is 12.3. The van der Waals surface area contributed by atoms with Gasteiger partial charge in [0.25, 0.3) is 0 Å². The molecule has 1 unspecified atom stereocenters. The Morgan fingerprint density at radius 1 is 1.21 bits per heavy atom. The van der Waals surface area contributed by atoms with E-state index in [-0.39, 0.29) is 24.0 Å². The van der Waals surface area contributed by atoms with Gasteiger partial charge < -0.3 is 10.6 Å². The van der Waals surface area contributed by atoms with Crippen LogP contribution in [0.25, 0.3) is 0 Å². The Kier molecular flexibility index (Phi) is 16.0. The molecule has 0 heterocycles. The van der Waals surface area contributed by atoms with Crippen molar-refractivity contribution in [3.8, 4) is 0 Å². The summed E-state index contributed by atoms with van der Waals surface area (Å²) >= 11 is 1.87. The predicted molar refractivity (Wildman–Crippen MR) is 120 cm³/mol. The molecule has 1 aromatic carbocycles. The molecule has 0 bridgehead atoms. The fourth-order valence-electron chi connectivity index (χ4n) is 2.01. The zero-order valence-corrected chi connectivity index (χ0v) is 18.6. The Hall–Kier alpha value is -0.280. The van der Waals surface area contributed by atoms with Gasteiger partial charge in [-0.3, -0.25) is 9.20 Å². The van der Waals surface area contributed by atoms with Crippen LogP contribution in [0.4, 0.5) is 0 Å². The van der Waals surface area contributed by atoms with E-state index in [0.717, 1.165) is 31.0 Å². The Balaban J connectivity index is 0.00000529. The molecule has 24 heavy (non-hydrogen) atoms. The fraction of sp³-hybridized carbons (Fsp3) is 0.588. The number of halogens is 1. The minimum atomic E-state index is -0.849. The molecule has 0 aliphatic carbocycles. The number of hydrogen-bond acceptors (Lipinski definition) is 3. The van der Waals surface area contributed by atoms with Gasteiger partial charge in [0.15, 0.2) is 5.96 Å². The highest BCUT2D eigenvalue weighted by Crippen LogP contribution is 2.02. The molecule has 0 aliphatic heterocycles. The lowest BCUT2D eigenvalue weighted by atomic mass is 10.2. The lowest BCUT2D eigenvalue weighted by Gasteiger charge is -2.11. The van der Waals surface area contributed by atoms with Crippen molar-refractivity contribution in [1.82, 2.24) is 10.6 Å². The number of guanidine groups is 1. The van der Waals surface area contributed by atoms with Gasteiger partial charge >= 0.3 is 0 Å². The first-order valence-corrected chi connectivity index (χ1v) is 11.0. The monoisotopic (exact) mass is 483 g/mol. The van der Waals surface area contributed by atoms with Gasteiger partial charge in [0.1, 0.15) is 0 Å². The molecule has 0 fully saturated rings. The predicted octanol–water partition coefficient (Wildman–Crippen LogP) is 3.25. The van der Waals surface area contributed by atoms with Gasteiger partial charge in [-0.05, 0) is 37.3 Å². The van der Waals surface area contributed by atoms with E-state index >= 15 is 0 Å². The highest BCUT2D eigenvalue weighted by molar-refractivity contribution is 14.0. The molecule has 0 radical (unpaired) electrons. The summed E-state index contributed by atoms with van der Waals surface area (Å²) in [5.41, 5.74) is 1.13. The van der Waals surface area contributed by atoms with Crippen LogP contribution in [0.1, 0.15) is 25.3 Å². The van der Waals surface area contributed by atoms with Gasteiger partial charge in [-0.2, -0.15) is 11.8 Å². The number of unbranched alkanes of at least 4 members (excludes halogenated alkanes) is 1. The maximum absolute atomic E-state index is 12.1. The molecule has 0 aliphatic rings. The van der Waals surface area contributed by atoms with Crippen LogP contribution < -0.4 is 10.6 Å². The summed E-state index contributed by atoms with van der Waals surface area (Å²) in [4.78, 5) is 4.55. The Bertz CT molecular complexity index is 472. The van der Waals surface area contributed by atoms with E-state index < -0.39 is 10.8 Å². The van der Waals surface area contributed by atoms with Gasteiger partial charge in [-0.15, -0.1) is 24.0 Å². The van der Waals surface area contributed by atoms with Gasteiger partial charge in [0.05, 0.1) is 0 Å². The number of rotatable bonds is 11. The fourth-order valence-corrected chi connectivity index (χ4v) is 3.54. The molecule has 0 spiro atoms. The molecule has 4 nitrogen and oxygen atoms in total. The highest BCUT2D eigenvalue weighted by atomic mass is 127. The number of hydrogen-bond donors (Lipinski definition) is 2. The zero-order valence-electron chi connectivity index (χ0n) is 14.6. The molecule has 7 heteroatoms. The smallest absolute Gasteiger partial charge is 0.191 e. The number of nitrogens with zero attached hydrogens (tertiary/aromatic N) is 1. The Morgan fingerprint density at radius 3 is 2.62 bits per heavy atom. The summed E-state index contributed by atoms with van der Waals surface area (Å²) in [6.07, 6.45) is 4.44. The Labute approximate surface area is 170 Å². The summed E-state index contributed by atoms with van der Waals surface area (Å²) in [6, 6.07) is 9.98. The van der Waals surface area contributed by atoms with Crippen LogP contribution in [0, 0.1) is 0 Å². The minimum absolute atomic E-state index is 0. The number of benzene rings is 1. The average molecular weight is 483 g/mol. The van der Waals surface area contributed by atoms with Crippen LogP contribution in [0.2, 0.25) is 0 Å². The summed E-state index contributed by atoms with van der Waals surface area (Å²) in [5, 5.41) is 6.50. The molecule has 138 valence electrons. The minimum Gasteiger partial charge on any atom is -0.357 e. The highest BCUT2D eigenvalue weighted by Gasteiger charge is 2.03. The third-order valence-electron chi connectivity index (χ3n) is 3.16. The lowest BCUT2D eigenvalue weighted by molar-refractivity contribution is 0.680. The van der Waals surface area contributed by atoms with Crippen molar-refractivity contribution in [2.75, 3.05) is 37.4 Å². The maximum Gasteiger partial charge on any atom is 0.191 e. The van der Waals surface area contributed by atoms with Crippen LogP contribution in [-0.2, 0) is 16.6 Å². The SMILES string of the molecule is CCNC(=NCCCCSC)NCCS(=O)Cc1ccccc1.I. The van der Waals surface area contributed by atoms with Crippen LogP contribution in [0.3, 0.4) is 0 Å². The third-order valence-corrected chi connectivity index (χ3v) is 5.18. The van der Waals surface area contributed by atoms with Crippen LogP contribution in [0.15, 0.2) is 35.3 Å². The molecule has 1 atom stereocenters. The van der Waals surface area contributed by atoms with E-state index in [2.05, 4.69) is 28.8 Å². The molecule has 0 aromatic heterocycles.